The second-order valence-corrected chi connectivity index (χ2v) is 7.82. The maximum atomic E-state index is 12.8. The fraction of sp³-hybridized carbons (Fsp3) is 0.625. The van der Waals surface area contributed by atoms with Crippen LogP contribution in [0, 0.1) is 0 Å². The Morgan fingerprint density at radius 1 is 1.28 bits per heavy atom. The Morgan fingerprint density at radius 3 is 2.36 bits per heavy atom. The molecule has 0 N–H and O–H groups in total. The molecule has 2 heterocycles. The van der Waals surface area contributed by atoms with E-state index in [-0.39, 0.29) is 16.7 Å². The van der Waals surface area contributed by atoms with Crippen LogP contribution in [-0.4, -0.2) is 42.1 Å². The standard InChI is InChI=1S/C16H20F3NO4S/c1-15(2,3)24-14(22)20-6-4-10(5-7-20)23-11-8-13(16(17,18)19)25-12(11)9-21/h8-10H,4-7H2,1-3H3. The van der Waals surface area contributed by atoms with Crippen molar-refractivity contribution in [3.05, 3.63) is 15.8 Å². The molecule has 0 unspecified atom stereocenters. The topological polar surface area (TPSA) is 55.8 Å². The molecule has 0 spiro atoms. The summed E-state index contributed by atoms with van der Waals surface area (Å²) in [6.07, 6.45) is -4.01. The van der Waals surface area contributed by atoms with Gasteiger partial charge < -0.3 is 14.4 Å². The number of ether oxygens (including phenoxy) is 2. The first-order valence-electron chi connectivity index (χ1n) is 7.80. The van der Waals surface area contributed by atoms with Crippen LogP contribution in [0.25, 0.3) is 0 Å². The van der Waals surface area contributed by atoms with Gasteiger partial charge in [-0.05, 0) is 20.8 Å². The minimum atomic E-state index is -4.51. The largest absolute Gasteiger partial charge is 0.489 e. The van der Waals surface area contributed by atoms with Crippen LogP contribution in [0.1, 0.15) is 48.2 Å². The molecule has 1 saturated heterocycles. The summed E-state index contributed by atoms with van der Waals surface area (Å²) >= 11 is 0.364. The lowest BCUT2D eigenvalue weighted by Crippen LogP contribution is -2.44. The maximum Gasteiger partial charge on any atom is 0.425 e. The van der Waals surface area contributed by atoms with E-state index in [9.17, 15) is 22.8 Å². The van der Waals surface area contributed by atoms with Gasteiger partial charge in [0.1, 0.15) is 27.2 Å². The number of amides is 1. The predicted molar refractivity (Wildman–Crippen MR) is 86.2 cm³/mol. The van der Waals surface area contributed by atoms with Crippen molar-refractivity contribution in [3.8, 4) is 5.75 Å². The van der Waals surface area contributed by atoms with Crippen molar-refractivity contribution >= 4 is 23.7 Å². The molecule has 1 aliphatic rings. The number of hydrogen-bond donors (Lipinski definition) is 0. The van der Waals surface area contributed by atoms with Gasteiger partial charge in [0.15, 0.2) is 6.29 Å². The van der Waals surface area contributed by atoms with E-state index in [1.807, 2.05) is 0 Å². The first-order valence-corrected chi connectivity index (χ1v) is 8.62. The molecule has 0 bridgehead atoms. The first-order chi connectivity index (χ1) is 11.5. The van der Waals surface area contributed by atoms with E-state index in [1.165, 1.54) is 0 Å². The molecular weight excluding hydrogens is 359 g/mol. The highest BCUT2D eigenvalue weighted by Crippen LogP contribution is 2.40. The molecular formula is C16H20F3NO4S. The zero-order valence-electron chi connectivity index (χ0n) is 14.2. The van der Waals surface area contributed by atoms with Crippen LogP contribution in [0.2, 0.25) is 0 Å². The Bertz CT molecular complexity index is 628. The molecule has 1 amide bonds. The average molecular weight is 379 g/mol. The number of carbonyl (C=O) groups is 2. The molecule has 140 valence electrons. The van der Waals surface area contributed by atoms with E-state index >= 15 is 0 Å². The monoisotopic (exact) mass is 379 g/mol. The second kappa shape index (κ2) is 7.23. The molecule has 0 aliphatic carbocycles. The number of alkyl halides is 3. The molecule has 0 atom stereocenters. The first kappa shape index (κ1) is 19.6. The average Bonchev–Trinajstić information content (AvgIpc) is 2.89. The van der Waals surface area contributed by atoms with E-state index in [1.54, 1.807) is 25.7 Å². The van der Waals surface area contributed by atoms with E-state index in [0.717, 1.165) is 6.07 Å². The zero-order valence-corrected chi connectivity index (χ0v) is 15.0. The highest BCUT2D eigenvalue weighted by Gasteiger charge is 2.35. The van der Waals surface area contributed by atoms with Crippen LogP contribution in [0.4, 0.5) is 18.0 Å². The van der Waals surface area contributed by atoms with Gasteiger partial charge >= 0.3 is 12.3 Å². The summed E-state index contributed by atoms with van der Waals surface area (Å²) in [7, 11) is 0. The molecule has 25 heavy (non-hydrogen) atoms. The third-order valence-corrected chi connectivity index (χ3v) is 4.59. The Hall–Kier alpha value is -1.77. The predicted octanol–water partition coefficient (Wildman–Crippen LogP) is 4.36. The summed E-state index contributed by atoms with van der Waals surface area (Å²) < 4.78 is 49.1. The van der Waals surface area contributed by atoms with E-state index in [4.69, 9.17) is 9.47 Å². The Kier molecular flexibility index (Phi) is 5.65. The van der Waals surface area contributed by atoms with Crippen molar-refractivity contribution in [3.63, 3.8) is 0 Å². The van der Waals surface area contributed by atoms with Crippen LogP contribution in [0.15, 0.2) is 6.07 Å². The van der Waals surface area contributed by atoms with Gasteiger partial charge in [-0.1, -0.05) is 0 Å². The minimum absolute atomic E-state index is 0.0527. The van der Waals surface area contributed by atoms with Crippen molar-refractivity contribution in [1.29, 1.82) is 0 Å². The van der Waals surface area contributed by atoms with Crippen molar-refractivity contribution < 1.29 is 32.2 Å². The molecule has 0 aromatic carbocycles. The second-order valence-electron chi connectivity index (χ2n) is 6.74. The number of hydrogen-bond acceptors (Lipinski definition) is 5. The van der Waals surface area contributed by atoms with E-state index in [0.29, 0.717) is 43.6 Å². The molecule has 2 rings (SSSR count). The van der Waals surface area contributed by atoms with Gasteiger partial charge in [0.25, 0.3) is 0 Å². The van der Waals surface area contributed by atoms with Gasteiger partial charge in [0, 0.05) is 32.0 Å². The quantitative estimate of drug-likeness (QED) is 0.733. The summed E-state index contributed by atoms with van der Waals surface area (Å²) in [6, 6.07) is 0.856. The number of aldehydes is 1. The Balaban J connectivity index is 1.95. The van der Waals surface area contributed by atoms with Gasteiger partial charge in [0.05, 0.1) is 0 Å². The number of thiophene rings is 1. The summed E-state index contributed by atoms with van der Waals surface area (Å²) in [5, 5.41) is 0. The van der Waals surface area contributed by atoms with Crippen molar-refractivity contribution in [1.82, 2.24) is 4.90 Å². The lowest BCUT2D eigenvalue weighted by Gasteiger charge is -2.33. The van der Waals surface area contributed by atoms with Crippen LogP contribution < -0.4 is 4.74 Å². The molecule has 5 nitrogen and oxygen atoms in total. The lowest BCUT2D eigenvalue weighted by molar-refractivity contribution is -0.134. The van der Waals surface area contributed by atoms with Crippen LogP contribution in [-0.2, 0) is 10.9 Å². The van der Waals surface area contributed by atoms with Crippen molar-refractivity contribution in [2.24, 2.45) is 0 Å². The molecule has 1 fully saturated rings. The molecule has 0 radical (unpaired) electrons. The number of likely N-dealkylation sites (tertiary alicyclic amines) is 1. The third-order valence-electron chi connectivity index (χ3n) is 3.50. The summed E-state index contributed by atoms with van der Waals surface area (Å²) in [5.41, 5.74) is -0.589. The summed E-state index contributed by atoms with van der Waals surface area (Å²) in [6.45, 7) is 6.09. The molecule has 1 aromatic heterocycles. The minimum Gasteiger partial charge on any atom is -0.489 e. The highest BCUT2D eigenvalue weighted by atomic mass is 32.1. The van der Waals surface area contributed by atoms with E-state index in [2.05, 4.69) is 0 Å². The normalized spacial score (nSPS) is 16.6. The van der Waals surface area contributed by atoms with Gasteiger partial charge in [-0.2, -0.15) is 13.2 Å². The van der Waals surface area contributed by atoms with E-state index < -0.39 is 22.7 Å². The maximum absolute atomic E-state index is 12.8. The van der Waals surface area contributed by atoms with Crippen LogP contribution >= 0.6 is 11.3 Å². The smallest absolute Gasteiger partial charge is 0.425 e. The van der Waals surface area contributed by atoms with Crippen LogP contribution in [0.3, 0.4) is 0 Å². The van der Waals surface area contributed by atoms with Crippen molar-refractivity contribution in [2.75, 3.05) is 13.1 Å². The molecule has 0 saturated carbocycles. The number of halogens is 3. The number of nitrogens with zero attached hydrogens (tertiary/aromatic N) is 1. The van der Waals surface area contributed by atoms with Gasteiger partial charge in [-0.3, -0.25) is 4.79 Å². The summed E-state index contributed by atoms with van der Waals surface area (Å²) in [5.74, 6) is -0.0527. The van der Waals surface area contributed by atoms with Crippen LogP contribution in [0.5, 0.6) is 5.75 Å². The van der Waals surface area contributed by atoms with Gasteiger partial charge in [-0.25, -0.2) is 4.79 Å². The summed E-state index contributed by atoms with van der Waals surface area (Å²) in [4.78, 5) is 23.6. The fourth-order valence-electron chi connectivity index (χ4n) is 2.36. The van der Waals surface area contributed by atoms with Crippen molar-refractivity contribution in [2.45, 2.75) is 51.5 Å². The Labute approximate surface area is 147 Å². The number of rotatable bonds is 3. The zero-order chi connectivity index (χ0) is 18.8. The molecule has 1 aliphatic heterocycles. The van der Waals surface area contributed by atoms with Gasteiger partial charge in [-0.15, -0.1) is 11.3 Å². The lowest BCUT2D eigenvalue weighted by atomic mass is 10.1. The van der Waals surface area contributed by atoms with Gasteiger partial charge in [0.2, 0.25) is 0 Å². The third kappa shape index (κ3) is 5.35. The number of carbonyl (C=O) groups excluding carboxylic acids is 2. The number of piperidine rings is 1. The fourth-order valence-corrected chi connectivity index (χ4v) is 3.14. The Morgan fingerprint density at radius 2 is 1.88 bits per heavy atom. The SMILES string of the molecule is CC(C)(C)OC(=O)N1CCC(Oc2cc(C(F)(F)F)sc2C=O)CC1. The highest BCUT2D eigenvalue weighted by molar-refractivity contribution is 7.14. The molecule has 1 aromatic rings. The molecule has 9 heteroatoms.